The van der Waals surface area contributed by atoms with Gasteiger partial charge in [0.2, 0.25) is 0 Å². The number of aromatic nitrogens is 1. The van der Waals surface area contributed by atoms with Crippen LogP contribution in [0.2, 0.25) is 5.02 Å². The Hall–Kier alpha value is -1.34. The molecule has 1 aromatic carbocycles. The summed E-state index contributed by atoms with van der Waals surface area (Å²) in [5.41, 5.74) is 3.21. The molecule has 2 rings (SSSR count). The number of rotatable bonds is 2. The molecule has 1 heterocycles. The van der Waals surface area contributed by atoms with Crippen molar-refractivity contribution in [1.29, 1.82) is 0 Å². The van der Waals surface area contributed by atoms with Crippen LogP contribution in [0.25, 0.3) is 11.1 Å². The average molecular weight is 232 g/mol. The van der Waals surface area contributed by atoms with E-state index in [0.717, 1.165) is 21.8 Å². The van der Waals surface area contributed by atoms with Crippen LogP contribution in [0.5, 0.6) is 0 Å². The first-order valence-electron chi connectivity index (χ1n) is 5.39. The maximum atomic E-state index is 6.13. The minimum Gasteiger partial charge on any atom is -0.260 e. The molecular formula is C14H14ClN. The minimum absolute atomic E-state index is 0.459. The van der Waals surface area contributed by atoms with E-state index in [1.807, 2.05) is 30.5 Å². The van der Waals surface area contributed by atoms with Gasteiger partial charge in [0.05, 0.1) is 0 Å². The molecule has 0 aliphatic rings. The SMILES string of the molecule is CC(C)c1ccc(-c2ccccc2Cl)cn1. The van der Waals surface area contributed by atoms with Gasteiger partial charge in [-0.2, -0.15) is 0 Å². The zero-order valence-corrected chi connectivity index (χ0v) is 10.2. The summed E-state index contributed by atoms with van der Waals surface area (Å²) < 4.78 is 0. The molecular weight excluding hydrogens is 218 g/mol. The molecule has 1 aromatic heterocycles. The Kier molecular flexibility index (Phi) is 3.25. The molecule has 16 heavy (non-hydrogen) atoms. The van der Waals surface area contributed by atoms with E-state index in [0.29, 0.717) is 5.92 Å². The summed E-state index contributed by atoms with van der Waals surface area (Å²) in [7, 11) is 0. The number of pyridine rings is 1. The highest BCUT2D eigenvalue weighted by atomic mass is 35.5. The van der Waals surface area contributed by atoms with Crippen molar-refractivity contribution in [2.75, 3.05) is 0 Å². The van der Waals surface area contributed by atoms with Crippen molar-refractivity contribution in [2.45, 2.75) is 19.8 Å². The fourth-order valence-corrected chi connectivity index (χ4v) is 1.85. The summed E-state index contributed by atoms with van der Waals surface area (Å²) in [6, 6.07) is 12.0. The van der Waals surface area contributed by atoms with Gasteiger partial charge in [-0.1, -0.05) is 49.7 Å². The van der Waals surface area contributed by atoms with Crippen molar-refractivity contribution in [1.82, 2.24) is 4.98 Å². The molecule has 0 fully saturated rings. The lowest BCUT2D eigenvalue weighted by molar-refractivity contribution is 0.823. The first-order chi connectivity index (χ1) is 7.68. The molecule has 0 aliphatic heterocycles. The van der Waals surface area contributed by atoms with Gasteiger partial charge in [-0.05, 0) is 18.1 Å². The van der Waals surface area contributed by atoms with Gasteiger partial charge in [0.15, 0.2) is 0 Å². The maximum absolute atomic E-state index is 6.13. The topological polar surface area (TPSA) is 12.9 Å². The fourth-order valence-electron chi connectivity index (χ4n) is 1.60. The molecule has 0 atom stereocenters. The van der Waals surface area contributed by atoms with Gasteiger partial charge in [0.1, 0.15) is 0 Å². The largest absolute Gasteiger partial charge is 0.260 e. The molecule has 0 N–H and O–H groups in total. The second-order valence-corrected chi connectivity index (χ2v) is 4.51. The quantitative estimate of drug-likeness (QED) is 0.740. The van der Waals surface area contributed by atoms with Gasteiger partial charge in [0.25, 0.3) is 0 Å². The zero-order valence-electron chi connectivity index (χ0n) is 9.44. The van der Waals surface area contributed by atoms with Gasteiger partial charge in [0, 0.05) is 28.0 Å². The molecule has 0 bridgehead atoms. The van der Waals surface area contributed by atoms with Crippen LogP contribution in [-0.2, 0) is 0 Å². The molecule has 0 unspecified atom stereocenters. The van der Waals surface area contributed by atoms with Crippen molar-refractivity contribution in [2.24, 2.45) is 0 Å². The van der Waals surface area contributed by atoms with E-state index >= 15 is 0 Å². The van der Waals surface area contributed by atoms with Crippen molar-refractivity contribution in [3.05, 3.63) is 53.3 Å². The molecule has 0 saturated carbocycles. The summed E-state index contributed by atoms with van der Waals surface area (Å²) in [4.78, 5) is 4.44. The van der Waals surface area contributed by atoms with Gasteiger partial charge < -0.3 is 0 Å². The number of halogens is 1. The molecule has 2 aromatic rings. The smallest absolute Gasteiger partial charge is 0.0484 e. The van der Waals surface area contributed by atoms with Crippen LogP contribution < -0.4 is 0 Å². The highest BCUT2D eigenvalue weighted by Crippen LogP contribution is 2.27. The summed E-state index contributed by atoms with van der Waals surface area (Å²) >= 11 is 6.13. The van der Waals surface area contributed by atoms with E-state index in [2.05, 4.69) is 31.0 Å². The molecule has 0 spiro atoms. The minimum atomic E-state index is 0.459. The molecule has 0 amide bonds. The van der Waals surface area contributed by atoms with Crippen LogP contribution in [0.15, 0.2) is 42.6 Å². The van der Waals surface area contributed by atoms with E-state index in [4.69, 9.17) is 11.6 Å². The molecule has 0 aliphatic carbocycles. The van der Waals surface area contributed by atoms with Crippen molar-refractivity contribution < 1.29 is 0 Å². The number of nitrogens with zero attached hydrogens (tertiary/aromatic N) is 1. The lowest BCUT2D eigenvalue weighted by atomic mass is 10.1. The van der Waals surface area contributed by atoms with Gasteiger partial charge in [-0.3, -0.25) is 4.98 Å². The van der Waals surface area contributed by atoms with Crippen molar-refractivity contribution in [3.8, 4) is 11.1 Å². The third-order valence-corrected chi connectivity index (χ3v) is 2.89. The first kappa shape index (κ1) is 11.2. The summed E-state index contributed by atoms with van der Waals surface area (Å²) in [5.74, 6) is 0.459. The Bertz CT molecular complexity index is 474. The lowest BCUT2D eigenvalue weighted by Crippen LogP contribution is -1.91. The van der Waals surface area contributed by atoms with Crippen molar-refractivity contribution in [3.63, 3.8) is 0 Å². The predicted molar refractivity (Wildman–Crippen MR) is 68.8 cm³/mol. The fraction of sp³-hybridized carbons (Fsp3) is 0.214. The lowest BCUT2D eigenvalue weighted by Gasteiger charge is -2.07. The van der Waals surface area contributed by atoms with Crippen LogP contribution in [0.3, 0.4) is 0 Å². The Balaban J connectivity index is 2.39. The van der Waals surface area contributed by atoms with E-state index in [1.165, 1.54) is 0 Å². The van der Waals surface area contributed by atoms with Gasteiger partial charge in [-0.25, -0.2) is 0 Å². The Morgan fingerprint density at radius 1 is 1.06 bits per heavy atom. The third kappa shape index (κ3) is 2.25. The highest BCUT2D eigenvalue weighted by molar-refractivity contribution is 6.33. The Morgan fingerprint density at radius 3 is 2.38 bits per heavy atom. The molecule has 0 saturated heterocycles. The van der Waals surface area contributed by atoms with E-state index < -0.39 is 0 Å². The normalized spacial score (nSPS) is 10.8. The number of benzene rings is 1. The summed E-state index contributed by atoms with van der Waals surface area (Å²) in [6.07, 6.45) is 1.89. The standard InChI is InChI=1S/C14H14ClN/c1-10(2)14-8-7-11(9-16-14)12-5-3-4-6-13(12)15/h3-10H,1-2H3. The van der Waals surface area contributed by atoms with E-state index in [1.54, 1.807) is 0 Å². The first-order valence-corrected chi connectivity index (χ1v) is 5.77. The van der Waals surface area contributed by atoms with Crippen LogP contribution in [0, 0.1) is 0 Å². The van der Waals surface area contributed by atoms with E-state index in [-0.39, 0.29) is 0 Å². The molecule has 1 nitrogen and oxygen atoms in total. The Labute approximate surface area is 101 Å². The number of hydrogen-bond acceptors (Lipinski definition) is 1. The third-order valence-electron chi connectivity index (χ3n) is 2.56. The molecule has 2 heteroatoms. The molecule has 0 radical (unpaired) electrons. The summed E-state index contributed by atoms with van der Waals surface area (Å²) in [6.45, 7) is 4.27. The Morgan fingerprint density at radius 2 is 1.81 bits per heavy atom. The van der Waals surface area contributed by atoms with Crippen molar-refractivity contribution >= 4 is 11.6 Å². The second kappa shape index (κ2) is 4.67. The summed E-state index contributed by atoms with van der Waals surface area (Å²) in [5, 5.41) is 0.765. The second-order valence-electron chi connectivity index (χ2n) is 4.11. The maximum Gasteiger partial charge on any atom is 0.0484 e. The van der Waals surface area contributed by atoms with E-state index in [9.17, 15) is 0 Å². The van der Waals surface area contributed by atoms with Gasteiger partial charge >= 0.3 is 0 Å². The zero-order chi connectivity index (χ0) is 11.5. The average Bonchev–Trinajstić information content (AvgIpc) is 2.30. The monoisotopic (exact) mass is 231 g/mol. The van der Waals surface area contributed by atoms with Gasteiger partial charge in [-0.15, -0.1) is 0 Å². The van der Waals surface area contributed by atoms with Crippen LogP contribution >= 0.6 is 11.6 Å². The highest BCUT2D eigenvalue weighted by Gasteiger charge is 2.04. The predicted octanol–water partition coefficient (Wildman–Crippen LogP) is 4.53. The molecule has 82 valence electrons. The van der Waals surface area contributed by atoms with Crippen LogP contribution in [-0.4, -0.2) is 4.98 Å². The van der Waals surface area contributed by atoms with Crippen LogP contribution in [0.1, 0.15) is 25.5 Å². The van der Waals surface area contributed by atoms with Crippen LogP contribution in [0.4, 0.5) is 0 Å². The number of hydrogen-bond donors (Lipinski definition) is 0.